The standard InChI is InChI=1S/C22H13FN2O3S/c23-15-7-5-14(6-8-15)20(26)18-19(17-2-1-11-29-17)25(22(28)21(18)27)16-9-3-13(12-24)4-10-16/h1-11,19,26H/b20-18-. The van der Waals surface area contributed by atoms with E-state index in [1.54, 1.807) is 36.4 Å². The molecule has 1 aliphatic heterocycles. The maximum absolute atomic E-state index is 13.3. The Morgan fingerprint density at radius 1 is 1.07 bits per heavy atom. The van der Waals surface area contributed by atoms with Gasteiger partial charge in [0.15, 0.2) is 0 Å². The van der Waals surface area contributed by atoms with Crippen LogP contribution in [-0.2, 0) is 9.59 Å². The zero-order chi connectivity index (χ0) is 20.5. The van der Waals surface area contributed by atoms with Crippen molar-refractivity contribution < 1.29 is 19.1 Å². The summed E-state index contributed by atoms with van der Waals surface area (Å²) in [6, 6.07) is 16.1. The fourth-order valence-electron chi connectivity index (χ4n) is 3.27. The van der Waals surface area contributed by atoms with Crippen LogP contribution >= 0.6 is 11.3 Å². The molecule has 1 amide bonds. The first-order chi connectivity index (χ1) is 14.0. The summed E-state index contributed by atoms with van der Waals surface area (Å²) >= 11 is 1.35. The van der Waals surface area contributed by atoms with Crippen molar-refractivity contribution in [2.24, 2.45) is 0 Å². The number of hydrogen-bond acceptors (Lipinski definition) is 5. The molecule has 1 fully saturated rings. The van der Waals surface area contributed by atoms with E-state index < -0.39 is 23.5 Å². The first-order valence-corrected chi connectivity index (χ1v) is 9.49. The van der Waals surface area contributed by atoms with Crippen molar-refractivity contribution in [3.05, 3.63) is 93.4 Å². The molecule has 4 rings (SSSR count). The minimum atomic E-state index is -0.826. The Labute approximate surface area is 169 Å². The molecule has 0 saturated carbocycles. The highest BCUT2D eigenvalue weighted by atomic mass is 32.1. The van der Waals surface area contributed by atoms with E-state index in [9.17, 15) is 19.1 Å². The Morgan fingerprint density at radius 2 is 1.76 bits per heavy atom. The molecule has 0 bridgehead atoms. The highest BCUT2D eigenvalue weighted by Gasteiger charge is 2.47. The van der Waals surface area contributed by atoms with E-state index in [0.717, 1.165) is 0 Å². The van der Waals surface area contributed by atoms with Crippen LogP contribution in [0, 0.1) is 17.1 Å². The maximum Gasteiger partial charge on any atom is 0.300 e. The van der Waals surface area contributed by atoms with E-state index in [1.165, 1.54) is 40.5 Å². The van der Waals surface area contributed by atoms with Crippen molar-refractivity contribution >= 4 is 34.5 Å². The lowest BCUT2D eigenvalue weighted by molar-refractivity contribution is -0.132. The molecule has 3 aromatic rings. The van der Waals surface area contributed by atoms with Gasteiger partial charge in [0, 0.05) is 16.1 Å². The number of hydrogen-bond donors (Lipinski definition) is 1. The van der Waals surface area contributed by atoms with Crippen molar-refractivity contribution in [2.75, 3.05) is 4.90 Å². The number of rotatable bonds is 3. The van der Waals surface area contributed by atoms with Crippen molar-refractivity contribution in [3.8, 4) is 6.07 Å². The molecule has 1 aromatic heterocycles. The number of carbonyl (C=O) groups excluding carboxylic acids is 2. The number of aliphatic hydroxyl groups is 1. The van der Waals surface area contributed by atoms with Gasteiger partial charge in [0.05, 0.1) is 17.2 Å². The molecule has 0 spiro atoms. The summed E-state index contributed by atoms with van der Waals surface area (Å²) in [6.45, 7) is 0. The molecule has 1 saturated heterocycles. The van der Waals surface area contributed by atoms with Gasteiger partial charge in [-0.1, -0.05) is 6.07 Å². The lowest BCUT2D eigenvalue weighted by Gasteiger charge is -2.24. The summed E-state index contributed by atoms with van der Waals surface area (Å²) < 4.78 is 13.3. The SMILES string of the molecule is N#Cc1ccc(N2C(=O)C(=O)/C(=C(\O)c3ccc(F)cc3)C2c2cccs2)cc1. The van der Waals surface area contributed by atoms with Gasteiger partial charge >= 0.3 is 0 Å². The van der Waals surface area contributed by atoms with E-state index in [1.807, 2.05) is 11.4 Å². The topological polar surface area (TPSA) is 81.4 Å². The molecule has 1 N–H and O–H groups in total. The Kier molecular flexibility index (Phi) is 4.71. The number of ketones is 1. The van der Waals surface area contributed by atoms with Crippen molar-refractivity contribution in [3.63, 3.8) is 0 Å². The number of anilines is 1. The average Bonchev–Trinajstić information content (AvgIpc) is 3.35. The Morgan fingerprint density at radius 3 is 2.34 bits per heavy atom. The smallest absolute Gasteiger partial charge is 0.300 e. The van der Waals surface area contributed by atoms with Crippen LogP contribution in [0.15, 0.2) is 71.6 Å². The van der Waals surface area contributed by atoms with Crippen LogP contribution in [0.25, 0.3) is 5.76 Å². The van der Waals surface area contributed by atoms with Gasteiger partial charge < -0.3 is 5.11 Å². The number of benzene rings is 2. The molecule has 0 radical (unpaired) electrons. The highest BCUT2D eigenvalue weighted by Crippen LogP contribution is 2.43. The molecule has 5 nitrogen and oxygen atoms in total. The number of nitrogens with zero attached hydrogens (tertiary/aromatic N) is 2. The third kappa shape index (κ3) is 3.20. The summed E-state index contributed by atoms with van der Waals surface area (Å²) in [7, 11) is 0. The average molecular weight is 404 g/mol. The second-order valence-electron chi connectivity index (χ2n) is 6.35. The number of Topliss-reactive ketones (excluding diaryl/α,β-unsaturated/α-hetero) is 1. The quantitative estimate of drug-likeness (QED) is 0.399. The number of carbonyl (C=O) groups is 2. The van der Waals surface area contributed by atoms with Gasteiger partial charge in [0.1, 0.15) is 17.6 Å². The molecule has 1 aliphatic rings. The lowest BCUT2D eigenvalue weighted by atomic mass is 9.99. The molecule has 1 atom stereocenters. The second kappa shape index (κ2) is 7.34. The molecule has 7 heteroatoms. The fraction of sp³-hybridized carbons (Fsp3) is 0.0455. The highest BCUT2D eigenvalue weighted by molar-refractivity contribution is 7.10. The summed E-state index contributed by atoms with van der Waals surface area (Å²) in [5.74, 6) is -2.45. The predicted octanol–water partition coefficient (Wildman–Crippen LogP) is 4.39. The van der Waals surface area contributed by atoms with E-state index >= 15 is 0 Å². The number of amides is 1. The lowest BCUT2D eigenvalue weighted by Crippen LogP contribution is -2.29. The van der Waals surface area contributed by atoms with Gasteiger partial charge in [-0.15, -0.1) is 11.3 Å². The molecule has 29 heavy (non-hydrogen) atoms. The number of aliphatic hydroxyl groups excluding tert-OH is 1. The van der Waals surface area contributed by atoms with Crippen LogP contribution in [0.2, 0.25) is 0 Å². The largest absolute Gasteiger partial charge is 0.507 e. The van der Waals surface area contributed by atoms with Gasteiger partial charge in [-0.2, -0.15) is 5.26 Å². The van der Waals surface area contributed by atoms with E-state index in [0.29, 0.717) is 16.1 Å². The summed E-state index contributed by atoms with van der Waals surface area (Å²) in [5, 5.41) is 21.6. The third-order valence-electron chi connectivity index (χ3n) is 4.65. The van der Waals surface area contributed by atoms with Crippen LogP contribution in [0.4, 0.5) is 10.1 Å². The molecule has 1 unspecified atom stereocenters. The Balaban J connectivity index is 1.90. The van der Waals surface area contributed by atoms with Crippen LogP contribution < -0.4 is 4.90 Å². The van der Waals surface area contributed by atoms with Gasteiger partial charge in [-0.3, -0.25) is 14.5 Å². The molecule has 2 heterocycles. The summed E-state index contributed by atoms with van der Waals surface area (Å²) in [6.07, 6.45) is 0. The molecule has 0 aliphatic carbocycles. The van der Waals surface area contributed by atoms with Crippen LogP contribution in [0.5, 0.6) is 0 Å². The minimum Gasteiger partial charge on any atom is -0.507 e. The van der Waals surface area contributed by atoms with Crippen molar-refractivity contribution in [1.82, 2.24) is 0 Å². The maximum atomic E-state index is 13.3. The number of nitriles is 1. The molecular weight excluding hydrogens is 391 g/mol. The van der Waals surface area contributed by atoms with E-state index in [-0.39, 0.29) is 16.9 Å². The fourth-order valence-corrected chi connectivity index (χ4v) is 4.10. The monoisotopic (exact) mass is 404 g/mol. The predicted molar refractivity (Wildman–Crippen MR) is 107 cm³/mol. The number of thiophene rings is 1. The van der Waals surface area contributed by atoms with Crippen LogP contribution in [0.1, 0.15) is 22.0 Å². The summed E-state index contributed by atoms with van der Waals surface area (Å²) in [5.41, 5.74) is 1.03. The first-order valence-electron chi connectivity index (χ1n) is 8.62. The molecule has 142 valence electrons. The Hall–Kier alpha value is -3.76. The zero-order valence-corrected chi connectivity index (χ0v) is 15.7. The third-order valence-corrected chi connectivity index (χ3v) is 5.57. The summed E-state index contributed by atoms with van der Waals surface area (Å²) in [4.78, 5) is 27.7. The first kappa shape index (κ1) is 18.6. The van der Waals surface area contributed by atoms with Crippen LogP contribution in [0.3, 0.4) is 0 Å². The second-order valence-corrected chi connectivity index (χ2v) is 7.33. The zero-order valence-electron chi connectivity index (χ0n) is 14.9. The van der Waals surface area contributed by atoms with Crippen molar-refractivity contribution in [1.29, 1.82) is 5.26 Å². The molecular formula is C22H13FN2O3S. The van der Waals surface area contributed by atoms with E-state index in [2.05, 4.69) is 0 Å². The van der Waals surface area contributed by atoms with Gasteiger partial charge in [-0.05, 0) is 60.0 Å². The minimum absolute atomic E-state index is 0.0617. The van der Waals surface area contributed by atoms with Gasteiger partial charge in [0.2, 0.25) is 0 Å². The van der Waals surface area contributed by atoms with Gasteiger partial charge in [-0.25, -0.2) is 4.39 Å². The Bertz CT molecular complexity index is 1160. The number of halogens is 1. The van der Waals surface area contributed by atoms with Crippen LogP contribution in [-0.4, -0.2) is 16.8 Å². The molecule has 2 aromatic carbocycles. The van der Waals surface area contributed by atoms with Gasteiger partial charge in [0.25, 0.3) is 11.7 Å². The normalized spacial score (nSPS) is 18.1. The van der Waals surface area contributed by atoms with Crippen molar-refractivity contribution in [2.45, 2.75) is 6.04 Å². The van der Waals surface area contributed by atoms with E-state index in [4.69, 9.17) is 5.26 Å².